The fourth-order valence-corrected chi connectivity index (χ4v) is 4.32. The molecule has 2 heterocycles. The van der Waals surface area contributed by atoms with Crippen molar-refractivity contribution in [2.24, 2.45) is 5.92 Å². The van der Waals surface area contributed by atoms with Gasteiger partial charge in [0.25, 0.3) is 5.91 Å². The molecule has 1 amide bonds. The fraction of sp³-hybridized carbons (Fsp3) is 0.562. The van der Waals surface area contributed by atoms with Gasteiger partial charge in [-0.1, -0.05) is 6.92 Å². The summed E-state index contributed by atoms with van der Waals surface area (Å²) in [6, 6.07) is 6.36. The van der Waals surface area contributed by atoms with Gasteiger partial charge >= 0.3 is 0 Å². The average Bonchev–Trinajstić information content (AvgIpc) is 2.46. The zero-order chi connectivity index (χ0) is 15.7. The summed E-state index contributed by atoms with van der Waals surface area (Å²) in [5.74, 6) is 0.574. The van der Waals surface area contributed by atoms with Crippen LogP contribution < -0.4 is 0 Å². The van der Waals surface area contributed by atoms with Gasteiger partial charge in [-0.2, -0.15) is 4.31 Å². The van der Waals surface area contributed by atoms with E-state index in [0.29, 0.717) is 24.6 Å². The summed E-state index contributed by atoms with van der Waals surface area (Å²) in [5.41, 5.74) is 0.561. The number of benzene rings is 1. The Morgan fingerprint density at radius 2 is 1.64 bits per heavy atom. The van der Waals surface area contributed by atoms with Crippen molar-refractivity contribution in [3.63, 3.8) is 0 Å². The van der Waals surface area contributed by atoms with Crippen molar-refractivity contribution in [3.8, 4) is 0 Å². The maximum Gasteiger partial charge on any atom is 0.253 e. The molecule has 2 fully saturated rings. The second-order valence-electron chi connectivity index (χ2n) is 6.26. The molecular weight excluding hydrogens is 300 g/mol. The van der Waals surface area contributed by atoms with Gasteiger partial charge < -0.3 is 4.90 Å². The molecule has 2 aliphatic heterocycles. The Morgan fingerprint density at radius 1 is 1.05 bits per heavy atom. The van der Waals surface area contributed by atoms with E-state index in [-0.39, 0.29) is 10.8 Å². The third kappa shape index (κ3) is 2.90. The minimum atomic E-state index is -3.43. The van der Waals surface area contributed by atoms with Crippen LogP contribution in [0.1, 0.15) is 36.5 Å². The first-order chi connectivity index (χ1) is 10.5. The zero-order valence-corrected chi connectivity index (χ0v) is 13.7. The van der Waals surface area contributed by atoms with Gasteiger partial charge in [0.1, 0.15) is 0 Å². The van der Waals surface area contributed by atoms with Crippen LogP contribution in [0.3, 0.4) is 0 Å². The summed E-state index contributed by atoms with van der Waals surface area (Å²) in [5, 5.41) is 0. The third-order valence-electron chi connectivity index (χ3n) is 4.62. The van der Waals surface area contributed by atoms with E-state index in [2.05, 4.69) is 6.92 Å². The summed E-state index contributed by atoms with van der Waals surface area (Å²) < 4.78 is 26.8. The van der Waals surface area contributed by atoms with Crippen LogP contribution in [-0.4, -0.2) is 49.7 Å². The average molecular weight is 322 g/mol. The Morgan fingerprint density at radius 3 is 2.14 bits per heavy atom. The van der Waals surface area contributed by atoms with E-state index < -0.39 is 10.0 Å². The molecular formula is C16H22N2O3S. The monoisotopic (exact) mass is 322 g/mol. The van der Waals surface area contributed by atoms with E-state index in [9.17, 15) is 13.2 Å². The minimum absolute atomic E-state index is 0.0120. The second kappa shape index (κ2) is 6.01. The molecule has 0 aromatic heterocycles. The van der Waals surface area contributed by atoms with Crippen molar-refractivity contribution < 1.29 is 13.2 Å². The van der Waals surface area contributed by atoms with Crippen molar-refractivity contribution in [1.29, 1.82) is 0 Å². The highest BCUT2D eigenvalue weighted by Gasteiger charge is 2.28. The number of rotatable bonds is 3. The lowest BCUT2D eigenvalue weighted by Gasteiger charge is -2.31. The van der Waals surface area contributed by atoms with Crippen LogP contribution in [0.4, 0.5) is 0 Å². The normalized spacial score (nSPS) is 20.7. The van der Waals surface area contributed by atoms with Crippen LogP contribution in [0.5, 0.6) is 0 Å². The predicted molar refractivity (Wildman–Crippen MR) is 84.1 cm³/mol. The Bertz CT molecular complexity index is 642. The molecule has 1 aromatic rings. The Kier molecular flexibility index (Phi) is 4.23. The van der Waals surface area contributed by atoms with E-state index in [4.69, 9.17) is 0 Å². The molecule has 5 nitrogen and oxygen atoms in total. The van der Waals surface area contributed by atoms with Crippen LogP contribution in [0, 0.1) is 5.92 Å². The van der Waals surface area contributed by atoms with Gasteiger partial charge in [0.2, 0.25) is 10.0 Å². The minimum Gasteiger partial charge on any atom is -0.339 e. The lowest BCUT2D eigenvalue weighted by molar-refractivity contribution is 0.0651. The topological polar surface area (TPSA) is 57.7 Å². The van der Waals surface area contributed by atoms with Gasteiger partial charge in [-0.15, -0.1) is 0 Å². The predicted octanol–water partition coefficient (Wildman–Crippen LogP) is 1.95. The van der Waals surface area contributed by atoms with E-state index in [1.807, 2.05) is 0 Å². The summed E-state index contributed by atoms with van der Waals surface area (Å²) in [7, 11) is -3.43. The first kappa shape index (κ1) is 15.5. The largest absolute Gasteiger partial charge is 0.339 e. The number of hydrogen-bond acceptors (Lipinski definition) is 3. The number of hydrogen-bond donors (Lipinski definition) is 0. The molecule has 0 aliphatic carbocycles. The molecule has 1 aromatic carbocycles. The quantitative estimate of drug-likeness (QED) is 0.855. The van der Waals surface area contributed by atoms with Crippen LogP contribution in [0.2, 0.25) is 0 Å². The first-order valence-corrected chi connectivity index (χ1v) is 9.32. The lowest BCUT2D eigenvalue weighted by Crippen LogP contribution is -2.42. The van der Waals surface area contributed by atoms with Crippen molar-refractivity contribution >= 4 is 15.9 Å². The number of nitrogens with zero attached hydrogens (tertiary/aromatic N) is 2. The number of piperidine rings is 1. The number of carbonyl (C=O) groups excluding carboxylic acids is 1. The van der Waals surface area contributed by atoms with Gasteiger partial charge in [-0.05, 0) is 49.4 Å². The van der Waals surface area contributed by atoms with E-state index in [1.54, 1.807) is 33.5 Å². The maximum absolute atomic E-state index is 12.6. The molecule has 0 bridgehead atoms. The van der Waals surface area contributed by atoms with Crippen molar-refractivity contribution in [2.45, 2.75) is 31.1 Å². The van der Waals surface area contributed by atoms with Gasteiger partial charge in [0.15, 0.2) is 0 Å². The SMILES string of the molecule is CC1CCN(S(=O)(=O)c2ccc(C(=O)N3CCC3)cc2)CC1. The van der Waals surface area contributed by atoms with Gasteiger partial charge in [0.05, 0.1) is 4.90 Å². The maximum atomic E-state index is 12.6. The number of amides is 1. The van der Waals surface area contributed by atoms with Crippen molar-refractivity contribution in [3.05, 3.63) is 29.8 Å². The molecule has 2 saturated heterocycles. The highest BCUT2D eigenvalue weighted by atomic mass is 32.2. The van der Waals surface area contributed by atoms with Crippen LogP contribution in [0.25, 0.3) is 0 Å². The number of likely N-dealkylation sites (tertiary alicyclic amines) is 1. The molecule has 22 heavy (non-hydrogen) atoms. The molecule has 0 unspecified atom stereocenters. The third-order valence-corrected chi connectivity index (χ3v) is 6.54. The van der Waals surface area contributed by atoms with Gasteiger partial charge in [-0.3, -0.25) is 4.79 Å². The van der Waals surface area contributed by atoms with Crippen LogP contribution in [-0.2, 0) is 10.0 Å². The van der Waals surface area contributed by atoms with Gasteiger partial charge in [-0.25, -0.2) is 8.42 Å². The summed E-state index contributed by atoms with van der Waals surface area (Å²) >= 11 is 0. The Hall–Kier alpha value is -1.40. The molecule has 0 radical (unpaired) electrons. The summed E-state index contributed by atoms with van der Waals surface area (Å²) in [6.07, 6.45) is 2.86. The van der Waals surface area contributed by atoms with E-state index in [0.717, 1.165) is 32.4 Å². The highest BCUT2D eigenvalue weighted by Crippen LogP contribution is 2.24. The molecule has 0 N–H and O–H groups in total. The standard InChI is InChI=1S/C16H22N2O3S/c1-13-7-11-18(12-8-13)22(20,21)15-5-3-14(4-6-15)16(19)17-9-2-10-17/h3-6,13H,2,7-12H2,1H3. The molecule has 0 spiro atoms. The smallest absolute Gasteiger partial charge is 0.253 e. The van der Waals surface area contributed by atoms with E-state index >= 15 is 0 Å². The van der Waals surface area contributed by atoms with Crippen LogP contribution >= 0.6 is 0 Å². The number of sulfonamides is 1. The molecule has 2 aliphatic rings. The zero-order valence-electron chi connectivity index (χ0n) is 12.9. The van der Waals surface area contributed by atoms with E-state index in [1.165, 1.54) is 0 Å². The lowest BCUT2D eigenvalue weighted by atomic mass is 10.0. The highest BCUT2D eigenvalue weighted by molar-refractivity contribution is 7.89. The second-order valence-corrected chi connectivity index (χ2v) is 8.19. The molecule has 6 heteroatoms. The molecule has 0 saturated carbocycles. The number of carbonyl (C=O) groups is 1. The summed E-state index contributed by atoms with van der Waals surface area (Å²) in [4.78, 5) is 14.1. The van der Waals surface area contributed by atoms with Gasteiger partial charge in [0, 0.05) is 31.7 Å². The molecule has 0 atom stereocenters. The first-order valence-electron chi connectivity index (χ1n) is 7.88. The van der Waals surface area contributed by atoms with Crippen molar-refractivity contribution in [1.82, 2.24) is 9.21 Å². The summed E-state index contributed by atoms with van der Waals surface area (Å²) in [6.45, 7) is 4.91. The fourth-order valence-electron chi connectivity index (χ4n) is 2.85. The molecule has 120 valence electrons. The Labute approximate surface area is 132 Å². The Balaban J connectivity index is 1.75. The van der Waals surface area contributed by atoms with Crippen molar-refractivity contribution in [2.75, 3.05) is 26.2 Å². The van der Waals surface area contributed by atoms with Crippen LogP contribution in [0.15, 0.2) is 29.2 Å². The molecule has 3 rings (SSSR count).